The molecular weight excluding hydrogens is 180 g/mol. The van der Waals surface area contributed by atoms with Gasteiger partial charge in [-0.1, -0.05) is 58.6 Å². The highest BCUT2D eigenvalue weighted by Gasteiger charge is 2.11. The Kier molecular flexibility index (Phi) is 8.85. The first kappa shape index (κ1) is 14.7. The molecule has 0 fully saturated rings. The highest BCUT2D eigenvalue weighted by Crippen LogP contribution is 2.24. The summed E-state index contributed by atoms with van der Waals surface area (Å²) in [5.74, 6) is 1.77. The Bertz CT molecular complexity index is 167. The fourth-order valence-corrected chi connectivity index (χ4v) is 2.20. The average Bonchev–Trinajstić information content (AvgIpc) is 2.26. The number of hydrogen-bond acceptors (Lipinski definition) is 0. The summed E-state index contributed by atoms with van der Waals surface area (Å²) in [5, 5.41) is 0. The molecule has 0 radical (unpaired) electrons. The molecule has 0 aliphatic heterocycles. The predicted octanol–water partition coefficient (Wildman–Crippen LogP) is 5.59. The van der Waals surface area contributed by atoms with Crippen LogP contribution in [-0.4, -0.2) is 0 Å². The van der Waals surface area contributed by atoms with Gasteiger partial charge in [-0.3, -0.25) is 0 Å². The average molecular weight is 210 g/mol. The van der Waals surface area contributed by atoms with Gasteiger partial charge in [-0.05, 0) is 38.0 Å². The van der Waals surface area contributed by atoms with Gasteiger partial charge in [-0.25, -0.2) is 0 Å². The number of allylic oxidation sites excluding steroid dienone is 2. The van der Waals surface area contributed by atoms with Crippen molar-refractivity contribution in [2.24, 2.45) is 11.8 Å². The Morgan fingerprint density at radius 1 is 1.07 bits per heavy atom. The molecule has 15 heavy (non-hydrogen) atoms. The van der Waals surface area contributed by atoms with Gasteiger partial charge in [0.25, 0.3) is 0 Å². The second-order valence-corrected chi connectivity index (χ2v) is 4.83. The van der Waals surface area contributed by atoms with Crippen LogP contribution in [0.15, 0.2) is 11.6 Å². The van der Waals surface area contributed by atoms with Crippen LogP contribution in [0.25, 0.3) is 0 Å². The highest BCUT2D eigenvalue weighted by molar-refractivity contribution is 5.00. The zero-order valence-corrected chi connectivity index (χ0v) is 11.5. The van der Waals surface area contributed by atoms with Gasteiger partial charge in [0.1, 0.15) is 0 Å². The lowest BCUT2D eigenvalue weighted by atomic mass is 9.87. The van der Waals surface area contributed by atoms with Crippen LogP contribution in [0.3, 0.4) is 0 Å². The van der Waals surface area contributed by atoms with E-state index in [9.17, 15) is 0 Å². The van der Waals surface area contributed by atoms with E-state index in [-0.39, 0.29) is 0 Å². The summed E-state index contributed by atoms with van der Waals surface area (Å²) in [6.07, 6.45) is 10.5. The smallest absolute Gasteiger partial charge is 0.0231 e. The van der Waals surface area contributed by atoms with Crippen LogP contribution in [-0.2, 0) is 0 Å². The monoisotopic (exact) mass is 210 g/mol. The number of hydrogen-bond donors (Lipinski definition) is 0. The first-order valence-electron chi connectivity index (χ1n) is 6.85. The maximum Gasteiger partial charge on any atom is -0.0231 e. The van der Waals surface area contributed by atoms with Gasteiger partial charge in [-0.15, -0.1) is 0 Å². The molecule has 0 saturated heterocycles. The molecule has 0 N–H and O–H groups in total. The maximum atomic E-state index is 2.51. The minimum absolute atomic E-state index is 0.821. The van der Waals surface area contributed by atoms with Crippen LogP contribution in [0.1, 0.15) is 73.1 Å². The molecule has 0 aromatic heterocycles. The van der Waals surface area contributed by atoms with Crippen molar-refractivity contribution < 1.29 is 0 Å². The fraction of sp³-hybridized carbons (Fsp3) is 0.867. The molecular formula is C15H30. The quantitative estimate of drug-likeness (QED) is 0.458. The number of rotatable bonds is 8. The largest absolute Gasteiger partial charge is 0.0825 e. The van der Waals surface area contributed by atoms with Crippen molar-refractivity contribution in [2.45, 2.75) is 73.1 Å². The van der Waals surface area contributed by atoms with Gasteiger partial charge < -0.3 is 0 Å². The third-order valence-electron chi connectivity index (χ3n) is 3.51. The molecule has 0 rings (SSSR count). The minimum atomic E-state index is 0.821. The Morgan fingerprint density at radius 2 is 1.73 bits per heavy atom. The van der Waals surface area contributed by atoms with Crippen molar-refractivity contribution in [3.05, 3.63) is 11.6 Å². The van der Waals surface area contributed by atoms with Crippen LogP contribution >= 0.6 is 0 Å². The second-order valence-electron chi connectivity index (χ2n) is 4.83. The van der Waals surface area contributed by atoms with E-state index in [1.807, 2.05) is 0 Å². The Hall–Kier alpha value is -0.260. The maximum absolute atomic E-state index is 2.51. The van der Waals surface area contributed by atoms with Gasteiger partial charge in [0, 0.05) is 0 Å². The summed E-state index contributed by atoms with van der Waals surface area (Å²) in [5.41, 5.74) is 1.56. The predicted molar refractivity (Wildman–Crippen MR) is 71.1 cm³/mol. The molecule has 0 aromatic rings. The summed E-state index contributed by atoms with van der Waals surface area (Å²) in [6.45, 7) is 11.5. The third-order valence-corrected chi connectivity index (χ3v) is 3.51. The molecule has 2 unspecified atom stereocenters. The van der Waals surface area contributed by atoms with E-state index in [1.54, 1.807) is 5.57 Å². The SMILES string of the molecule is CCCC(CC)CC(C=C(C)CC)CC. The second kappa shape index (κ2) is 9.00. The first-order valence-corrected chi connectivity index (χ1v) is 6.85. The zero-order valence-electron chi connectivity index (χ0n) is 11.5. The van der Waals surface area contributed by atoms with Crippen molar-refractivity contribution in [3.63, 3.8) is 0 Å². The molecule has 0 bridgehead atoms. The van der Waals surface area contributed by atoms with Gasteiger partial charge >= 0.3 is 0 Å². The van der Waals surface area contributed by atoms with Gasteiger partial charge in [0.15, 0.2) is 0 Å². The molecule has 0 amide bonds. The van der Waals surface area contributed by atoms with Gasteiger partial charge in [-0.2, -0.15) is 0 Å². The van der Waals surface area contributed by atoms with Crippen LogP contribution in [0.5, 0.6) is 0 Å². The summed E-state index contributed by atoms with van der Waals surface area (Å²) in [7, 11) is 0. The van der Waals surface area contributed by atoms with E-state index < -0.39 is 0 Å². The van der Waals surface area contributed by atoms with Crippen molar-refractivity contribution in [1.82, 2.24) is 0 Å². The van der Waals surface area contributed by atoms with E-state index in [1.165, 1.54) is 38.5 Å². The lowest BCUT2D eigenvalue weighted by Crippen LogP contribution is -2.06. The molecule has 0 saturated carbocycles. The van der Waals surface area contributed by atoms with E-state index in [0.717, 1.165) is 11.8 Å². The molecule has 2 atom stereocenters. The molecule has 0 nitrogen and oxygen atoms in total. The van der Waals surface area contributed by atoms with Crippen molar-refractivity contribution >= 4 is 0 Å². The molecule has 0 spiro atoms. The molecule has 0 heterocycles. The van der Waals surface area contributed by atoms with Crippen LogP contribution in [0.4, 0.5) is 0 Å². The highest BCUT2D eigenvalue weighted by atomic mass is 14.2. The topological polar surface area (TPSA) is 0 Å². The normalized spacial score (nSPS) is 16.5. The summed E-state index contributed by atoms with van der Waals surface area (Å²) < 4.78 is 0. The lowest BCUT2D eigenvalue weighted by Gasteiger charge is -2.19. The Balaban J connectivity index is 4.17. The third kappa shape index (κ3) is 6.76. The van der Waals surface area contributed by atoms with E-state index >= 15 is 0 Å². The van der Waals surface area contributed by atoms with E-state index in [0.29, 0.717) is 0 Å². The van der Waals surface area contributed by atoms with Crippen molar-refractivity contribution in [1.29, 1.82) is 0 Å². The lowest BCUT2D eigenvalue weighted by molar-refractivity contribution is 0.372. The standard InChI is InChI=1S/C15H30/c1-6-10-14(8-3)12-15(9-4)11-13(5)7-2/h11,14-15H,6-10,12H2,1-5H3. The van der Waals surface area contributed by atoms with Crippen LogP contribution in [0, 0.1) is 11.8 Å². The zero-order chi connectivity index (χ0) is 11.7. The van der Waals surface area contributed by atoms with Crippen LogP contribution < -0.4 is 0 Å². The minimum Gasteiger partial charge on any atom is -0.0825 e. The molecule has 0 aromatic carbocycles. The van der Waals surface area contributed by atoms with E-state index in [4.69, 9.17) is 0 Å². The Morgan fingerprint density at radius 3 is 2.13 bits per heavy atom. The summed E-state index contributed by atoms with van der Waals surface area (Å²) >= 11 is 0. The van der Waals surface area contributed by atoms with Gasteiger partial charge in [0.05, 0.1) is 0 Å². The molecule has 0 aliphatic carbocycles. The first-order chi connectivity index (χ1) is 7.17. The van der Waals surface area contributed by atoms with Gasteiger partial charge in [0.2, 0.25) is 0 Å². The summed E-state index contributed by atoms with van der Waals surface area (Å²) in [4.78, 5) is 0. The van der Waals surface area contributed by atoms with Crippen LogP contribution in [0.2, 0.25) is 0 Å². The molecule has 0 heteroatoms. The summed E-state index contributed by atoms with van der Waals surface area (Å²) in [6, 6.07) is 0. The van der Waals surface area contributed by atoms with E-state index in [2.05, 4.69) is 40.7 Å². The molecule has 0 aliphatic rings. The fourth-order valence-electron chi connectivity index (χ4n) is 2.20. The van der Waals surface area contributed by atoms with Crippen molar-refractivity contribution in [3.8, 4) is 0 Å². The molecule has 90 valence electrons. The van der Waals surface area contributed by atoms with Crippen molar-refractivity contribution in [2.75, 3.05) is 0 Å². The Labute approximate surface area is 97.2 Å².